The number of hydrogen-bond acceptors (Lipinski definition) is 7. The number of carboxylic acid groups (broad SMARTS) is 1. The number of aromatic nitrogens is 3. The molecule has 1 fully saturated rings. The Morgan fingerprint density at radius 2 is 1.81 bits per heavy atom. The topological polar surface area (TPSA) is 117 Å². The molecule has 4 N–H and O–H groups in total. The zero-order valence-corrected chi connectivity index (χ0v) is 13.6. The maximum absolute atomic E-state index is 10.6. The van der Waals surface area contributed by atoms with Crippen LogP contribution in [0.1, 0.15) is 0 Å². The van der Waals surface area contributed by atoms with Gasteiger partial charge in [-0.2, -0.15) is 13.2 Å². The molecule has 3 heterocycles. The largest absolute Gasteiger partial charge is 0.490 e. The Balaban J connectivity index is 0.000000298. The van der Waals surface area contributed by atoms with Crippen molar-refractivity contribution in [2.45, 2.75) is 6.18 Å². The molecule has 1 saturated heterocycles. The lowest BCUT2D eigenvalue weighted by molar-refractivity contribution is -0.192. The van der Waals surface area contributed by atoms with E-state index < -0.39 is 12.1 Å². The standard InChI is InChI=1S/C13H16N6.C2HF3O2/c14-12-13(19-7-5-16-6-8-19)18-11(9-17-12)10-1-3-15-4-2-10;3-2(4,5)1(6)7/h1-4,9,16H,5-8H2,(H2,14,17);(H,6,7). The number of nitrogens with two attached hydrogens (primary N) is 1. The third-order valence-corrected chi connectivity index (χ3v) is 3.42. The van der Waals surface area contributed by atoms with Crippen molar-refractivity contribution >= 4 is 17.6 Å². The van der Waals surface area contributed by atoms with Crippen LogP contribution in [0.2, 0.25) is 0 Å². The lowest BCUT2D eigenvalue weighted by Gasteiger charge is -2.29. The highest BCUT2D eigenvalue weighted by Crippen LogP contribution is 2.23. The number of rotatable bonds is 2. The highest BCUT2D eigenvalue weighted by atomic mass is 19.4. The van der Waals surface area contributed by atoms with Crippen LogP contribution in [0.5, 0.6) is 0 Å². The predicted molar refractivity (Wildman–Crippen MR) is 88.4 cm³/mol. The molecule has 0 saturated carbocycles. The maximum atomic E-state index is 10.6. The monoisotopic (exact) mass is 370 g/mol. The summed E-state index contributed by atoms with van der Waals surface area (Å²) in [5.74, 6) is -1.50. The van der Waals surface area contributed by atoms with Crippen molar-refractivity contribution in [3.63, 3.8) is 0 Å². The van der Waals surface area contributed by atoms with E-state index in [1.165, 1.54) is 0 Å². The molecule has 0 amide bonds. The smallest absolute Gasteiger partial charge is 0.475 e. The molecule has 0 radical (unpaired) electrons. The van der Waals surface area contributed by atoms with Crippen LogP contribution in [0.4, 0.5) is 24.8 Å². The second-order valence-electron chi connectivity index (χ2n) is 5.24. The summed E-state index contributed by atoms with van der Waals surface area (Å²) in [6.07, 6.45) is 0.117. The van der Waals surface area contributed by atoms with E-state index >= 15 is 0 Å². The molecule has 0 spiro atoms. The third-order valence-electron chi connectivity index (χ3n) is 3.42. The molecule has 11 heteroatoms. The number of nitrogens with zero attached hydrogens (tertiary/aromatic N) is 4. The van der Waals surface area contributed by atoms with Crippen molar-refractivity contribution in [2.75, 3.05) is 36.8 Å². The zero-order chi connectivity index (χ0) is 19.2. The predicted octanol–water partition coefficient (Wildman–Crippen LogP) is 1.16. The van der Waals surface area contributed by atoms with Gasteiger partial charge < -0.3 is 21.1 Å². The van der Waals surface area contributed by atoms with E-state index in [0.717, 1.165) is 43.3 Å². The quantitative estimate of drug-likeness (QED) is 0.721. The summed E-state index contributed by atoms with van der Waals surface area (Å²) in [6.45, 7) is 3.69. The minimum atomic E-state index is -5.08. The fraction of sp³-hybridized carbons (Fsp3) is 0.333. The number of anilines is 2. The Kier molecular flexibility index (Phi) is 6.28. The molecular weight excluding hydrogens is 353 g/mol. The van der Waals surface area contributed by atoms with Crippen LogP contribution in [0.15, 0.2) is 30.7 Å². The molecule has 3 rings (SSSR count). The normalized spacial score (nSPS) is 14.3. The Labute approximate surface area is 146 Å². The van der Waals surface area contributed by atoms with Gasteiger partial charge in [-0.3, -0.25) is 4.98 Å². The van der Waals surface area contributed by atoms with Gasteiger partial charge in [0.15, 0.2) is 11.6 Å². The van der Waals surface area contributed by atoms with Gasteiger partial charge in [-0.15, -0.1) is 0 Å². The fourth-order valence-corrected chi connectivity index (χ4v) is 2.16. The molecule has 26 heavy (non-hydrogen) atoms. The van der Waals surface area contributed by atoms with Crippen LogP contribution in [0.25, 0.3) is 11.3 Å². The van der Waals surface area contributed by atoms with E-state index in [4.69, 9.17) is 15.6 Å². The lowest BCUT2D eigenvalue weighted by atomic mass is 10.2. The second kappa shape index (κ2) is 8.43. The first-order chi connectivity index (χ1) is 12.3. The van der Waals surface area contributed by atoms with Crippen molar-refractivity contribution in [3.8, 4) is 11.3 Å². The van der Waals surface area contributed by atoms with Crippen LogP contribution in [-0.4, -0.2) is 58.4 Å². The molecule has 2 aromatic heterocycles. The first-order valence-electron chi connectivity index (χ1n) is 7.57. The van der Waals surface area contributed by atoms with Gasteiger partial charge in [0.1, 0.15) is 0 Å². The molecule has 1 aliphatic rings. The number of alkyl halides is 3. The fourth-order valence-electron chi connectivity index (χ4n) is 2.16. The number of pyridine rings is 1. The van der Waals surface area contributed by atoms with E-state index in [2.05, 4.69) is 25.2 Å². The van der Waals surface area contributed by atoms with Crippen LogP contribution >= 0.6 is 0 Å². The van der Waals surface area contributed by atoms with Gasteiger partial charge in [-0.05, 0) is 12.1 Å². The minimum Gasteiger partial charge on any atom is -0.475 e. The average molecular weight is 370 g/mol. The highest BCUT2D eigenvalue weighted by molar-refractivity contribution is 5.73. The molecule has 0 unspecified atom stereocenters. The summed E-state index contributed by atoms with van der Waals surface area (Å²) in [7, 11) is 0. The molecular formula is C15H17F3N6O2. The molecule has 8 nitrogen and oxygen atoms in total. The van der Waals surface area contributed by atoms with Crippen molar-refractivity contribution in [3.05, 3.63) is 30.7 Å². The van der Waals surface area contributed by atoms with E-state index in [1.54, 1.807) is 18.6 Å². The van der Waals surface area contributed by atoms with Gasteiger partial charge in [0.25, 0.3) is 0 Å². The van der Waals surface area contributed by atoms with E-state index in [9.17, 15) is 13.2 Å². The number of carboxylic acids is 1. The Morgan fingerprint density at radius 1 is 1.23 bits per heavy atom. The minimum absolute atomic E-state index is 0.486. The van der Waals surface area contributed by atoms with Gasteiger partial charge >= 0.3 is 12.1 Å². The van der Waals surface area contributed by atoms with Gasteiger partial charge in [0, 0.05) is 44.1 Å². The number of nitrogen functional groups attached to an aromatic ring is 1. The van der Waals surface area contributed by atoms with E-state index in [0.29, 0.717) is 5.82 Å². The van der Waals surface area contributed by atoms with Gasteiger partial charge in [0.2, 0.25) is 0 Å². The molecule has 1 aliphatic heterocycles. The average Bonchev–Trinajstić information content (AvgIpc) is 2.63. The Bertz CT molecular complexity index is 736. The second-order valence-corrected chi connectivity index (χ2v) is 5.24. The van der Waals surface area contributed by atoms with E-state index in [1.807, 2.05) is 12.1 Å². The van der Waals surface area contributed by atoms with Gasteiger partial charge in [-0.25, -0.2) is 14.8 Å². The Morgan fingerprint density at radius 3 is 2.35 bits per heavy atom. The first-order valence-corrected chi connectivity index (χ1v) is 7.57. The van der Waals surface area contributed by atoms with Gasteiger partial charge in [0.05, 0.1) is 11.9 Å². The summed E-state index contributed by atoms with van der Waals surface area (Å²) < 4.78 is 31.7. The molecule has 140 valence electrons. The zero-order valence-electron chi connectivity index (χ0n) is 13.6. The number of carbonyl (C=O) groups is 1. The van der Waals surface area contributed by atoms with Crippen molar-refractivity contribution < 1.29 is 23.1 Å². The molecule has 0 bridgehead atoms. The number of nitrogens with one attached hydrogen (secondary N) is 1. The van der Waals surface area contributed by atoms with E-state index in [-0.39, 0.29) is 0 Å². The van der Waals surface area contributed by atoms with Crippen molar-refractivity contribution in [1.82, 2.24) is 20.3 Å². The first kappa shape index (κ1) is 19.4. The number of hydrogen-bond donors (Lipinski definition) is 3. The van der Waals surface area contributed by atoms with Crippen LogP contribution in [-0.2, 0) is 4.79 Å². The van der Waals surface area contributed by atoms with Crippen LogP contribution < -0.4 is 16.0 Å². The van der Waals surface area contributed by atoms with Crippen molar-refractivity contribution in [2.24, 2.45) is 0 Å². The Hall–Kier alpha value is -2.95. The number of halogens is 3. The number of piperazine rings is 1. The summed E-state index contributed by atoms with van der Waals surface area (Å²) in [4.78, 5) is 24.0. The van der Waals surface area contributed by atoms with Crippen LogP contribution in [0, 0.1) is 0 Å². The van der Waals surface area contributed by atoms with Crippen LogP contribution in [0.3, 0.4) is 0 Å². The SMILES string of the molecule is Nc1ncc(-c2ccncc2)nc1N1CCNCC1.O=C(O)C(F)(F)F. The molecule has 0 aromatic carbocycles. The van der Waals surface area contributed by atoms with Gasteiger partial charge in [-0.1, -0.05) is 0 Å². The molecule has 2 aromatic rings. The highest BCUT2D eigenvalue weighted by Gasteiger charge is 2.38. The molecule has 0 atom stereocenters. The third kappa shape index (κ3) is 5.28. The summed E-state index contributed by atoms with van der Waals surface area (Å²) >= 11 is 0. The lowest BCUT2D eigenvalue weighted by Crippen LogP contribution is -2.44. The van der Waals surface area contributed by atoms with Crippen molar-refractivity contribution in [1.29, 1.82) is 0 Å². The summed E-state index contributed by atoms with van der Waals surface area (Å²) in [5.41, 5.74) is 7.77. The molecule has 0 aliphatic carbocycles. The summed E-state index contributed by atoms with van der Waals surface area (Å²) in [6, 6.07) is 3.84. The number of aliphatic carboxylic acids is 1. The maximum Gasteiger partial charge on any atom is 0.490 e. The summed E-state index contributed by atoms with van der Waals surface area (Å²) in [5, 5.41) is 10.4.